The number of nitrogens with one attached hydrogen (secondary N) is 3. The molecule has 1 saturated heterocycles. The zero-order chi connectivity index (χ0) is 16.5. The van der Waals surface area contributed by atoms with E-state index in [1.807, 2.05) is 6.07 Å². The monoisotopic (exact) mass is 327 g/mol. The molecule has 4 rings (SSSR count). The lowest BCUT2D eigenvalue weighted by atomic mass is 9.95. The van der Waals surface area contributed by atoms with Gasteiger partial charge in [-0.05, 0) is 50.2 Å². The fourth-order valence-corrected chi connectivity index (χ4v) is 3.67. The van der Waals surface area contributed by atoms with Crippen LogP contribution in [0, 0.1) is 0 Å². The molecule has 3 N–H and O–H groups in total. The van der Waals surface area contributed by atoms with Gasteiger partial charge in [0.15, 0.2) is 0 Å². The van der Waals surface area contributed by atoms with Crippen LogP contribution in [0.3, 0.4) is 0 Å². The molecule has 126 valence electrons. The normalized spacial score (nSPS) is 19.9. The molecule has 2 aliphatic rings. The van der Waals surface area contributed by atoms with E-state index in [-0.39, 0.29) is 11.8 Å². The second-order valence-electron chi connectivity index (χ2n) is 6.46. The van der Waals surface area contributed by atoms with Crippen molar-refractivity contribution in [1.29, 1.82) is 0 Å². The molecular weight excluding hydrogens is 306 g/mol. The van der Waals surface area contributed by atoms with Crippen molar-refractivity contribution in [2.24, 2.45) is 0 Å². The van der Waals surface area contributed by atoms with Crippen LogP contribution in [-0.4, -0.2) is 29.5 Å². The molecule has 6 heteroatoms. The Kier molecular flexibility index (Phi) is 3.98. The second-order valence-corrected chi connectivity index (χ2v) is 6.46. The molecule has 0 spiro atoms. The molecular formula is C18H21N3O3. The summed E-state index contributed by atoms with van der Waals surface area (Å²) in [6.07, 6.45) is 5.56. The van der Waals surface area contributed by atoms with E-state index < -0.39 is 6.10 Å². The molecule has 24 heavy (non-hydrogen) atoms. The standard InChI is InChI=1S/C18H21N3O3/c22-17(20-21-18(23)15-9-4-10-24-15)13-7-3-6-12-11-5-1-2-8-14(11)19-16(12)13/h3,6-7,15,19H,1-2,4-5,8-10H2,(H,20,22)(H,21,23)/t15-/m1/s1. The molecule has 2 aromatic rings. The van der Waals surface area contributed by atoms with Crippen molar-refractivity contribution in [3.63, 3.8) is 0 Å². The third-order valence-corrected chi connectivity index (χ3v) is 4.90. The smallest absolute Gasteiger partial charge is 0.271 e. The van der Waals surface area contributed by atoms with E-state index in [0.717, 1.165) is 30.2 Å². The van der Waals surface area contributed by atoms with Gasteiger partial charge in [0.1, 0.15) is 6.10 Å². The number of hydrazine groups is 1. The van der Waals surface area contributed by atoms with E-state index in [2.05, 4.69) is 21.9 Å². The third-order valence-electron chi connectivity index (χ3n) is 4.90. The average molecular weight is 327 g/mol. The molecule has 0 bridgehead atoms. The molecule has 0 saturated carbocycles. The van der Waals surface area contributed by atoms with Crippen molar-refractivity contribution in [2.75, 3.05) is 6.61 Å². The highest BCUT2D eigenvalue weighted by atomic mass is 16.5. The van der Waals surface area contributed by atoms with E-state index in [1.165, 1.54) is 24.1 Å². The first-order valence-corrected chi connectivity index (χ1v) is 8.58. The highest BCUT2D eigenvalue weighted by Crippen LogP contribution is 2.30. The zero-order valence-electron chi connectivity index (χ0n) is 13.5. The SMILES string of the molecule is O=C(NNC(=O)[C@H]1CCCO1)c1cccc2c3c([nH]c12)CCCC3. The van der Waals surface area contributed by atoms with Gasteiger partial charge in [0.25, 0.3) is 11.8 Å². The van der Waals surface area contributed by atoms with Crippen LogP contribution in [0.2, 0.25) is 0 Å². The van der Waals surface area contributed by atoms with Gasteiger partial charge in [-0.2, -0.15) is 0 Å². The Bertz CT molecular complexity index is 790. The summed E-state index contributed by atoms with van der Waals surface area (Å²) in [5.74, 6) is -0.607. The fourth-order valence-electron chi connectivity index (χ4n) is 3.67. The Labute approximate surface area is 139 Å². The van der Waals surface area contributed by atoms with E-state index in [9.17, 15) is 9.59 Å². The number of H-pyrrole nitrogens is 1. The van der Waals surface area contributed by atoms with Gasteiger partial charge in [0.05, 0.1) is 11.1 Å². The van der Waals surface area contributed by atoms with Crippen LogP contribution in [0.15, 0.2) is 18.2 Å². The lowest BCUT2D eigenvalue weighted by molar-refractivity contribution is -0.130. The van der Waals surface area contributed by atoms with Crippen LogP contribution < -0.4 is 10.9 Å². The van der Waals surface area contributed by atoms with Gasteiger partial charge < -0.3 is 9.72 Å². The Morgan fingerprint density at radius 2 is 2.00 bits per heavy atom. The quantitative estimate of drug-likeness (QED) is 0.738. The number of aryl methyl sites for hydroxylation is 2. The molecule has 1 aromatic heterocycles. The summed E-state index contributed by atoms with van der Waals surface area (Å²) in [7, 11) is 0. The minimum Gasteiger partial charge on any atom is -0.368 e. The van der Waals surface area contributed by atoms with E-state index in [1.54, 1.807) is 6.07 Å². The Hall–Kier alpha value is -2.34. The summed E-state index contributed by atoms with van der Waals surface area (Å²) in [5, 5.41) is 1.11. The van der Waals surface area contributed by atoms with E-state index >= 15 is 0 Å². The van der Waals surface area contributed by atoms with Crippen LogP contribution in [0.4, 0.5) is 0 Å². The molecule has 0 radical (unpaired) electrons. The predicted octanol–water partition coefficient (Wildman–Crippen LogP) is 1.99. The topological polar surface area (TPSA) is 83.2 Å². The molecule has 1 atom stereocenters. The van der Waals surface area contributed by atoms with Crippen molar-refractivity contribution in [2.45, 2.75) is 44.6 Å². The predicted molar refractivity (Wildman–Crippen MR) is 89.5 cm³/mol. The lowest BCUT2D eigenvalue weighted by Gasteiger charge is -2.11. The summed E-state index contributed by atoms with van der Waals surface area (Å²) in [6, 6.07) is 5.72. The number of rotatable bonds is 2. The number of benzene rings is 1. The third kappa shape index (κ3) is 2.67. The maximum atomic E-state index is 12.5. The number of fused-ring (bicyclic) bond motifs is 3. The van der Waals surface area contributed by atoms with Gasteiger partial charge in [-0.25, -0.2) is 0 Å². The van der Waals surface area contributed by atoms with Crippen LogP contribution >= 0.6 is 0 Å². The van der Waals surface area contributed by atoms with Crippen molar-refractivity contribution in [3.05, 3.63) is 35.0 Å². The largest absolute Gasteiger partial charge is 0.368 e. The Morgan fingerprint density at radius 1 is 1.12 bits per heavy atom. The first-order valence-electron chi connectivity index (χ1n) is 8.58. The zero-order valence-corrected chi connectivity index (χ0v) is 13.5. The summed E-state index contributed by atoms with van der Waals surface area (Å²) in [5.41, 5.74) is 8.95. The van der Waals surface area contributed by atoms with Gasteiger partial charge in [0, 0.05) is 17.7 Å². The van der Waals surface area contributed by atoms with Crippen LogP contribution in [0.1, 0.15) is 47.3 Å². The molecule has 1 aliphatic heterocycles. The average Bonchev–Trinajstić information content (AvgIpc) is 3.26. The molecule has 2 amide bonds. The number of ether oxygens (including phenoxy) is 1. The van der Waals surface area contributed by atoms with Crippen molar-refractivity contribution >= 4 is 22.7 Å². The van der Waals surface area contributed by atoms with Crippen LogP contribution in [0.25, 0.3) is 10.9 Å². The van der Waals surface area contributed by atoms with E-state index in [0.29, 0.717) is 18.6 Å². The highest BCUT2D eigenvalue weighted by Gasteiger charge is 2.24. The number of carbonyl (C=O) groups excluding carboxylic acids is 2. The minimum absolute atomic E-state index is 0.293. The number of carbonyl (C=O) groups is 2. The number of para-hydroxylation sites is 1. The molecule has 2 heterocycles. The minimum atomic E-state index is -0.459. The number of aromatic amines is 1. The van der Waals surface area contributed by atoms with Gasteiger partial charge in [-0.15, -0.1) is 0 Å². The summed E-state index contributed by atoms with van der Waals surface area (Å²) in [6.45, 7) is 0.597. The van der Waals surface area contributed by atoms with Gasteiger partial charge in [0.2, 0.25) is 0 Å². The summed E-state index contributed by atoms with van der Waals surface area (Å²) < 4.78 is 5.31. The first kappa shape index (κ1) is 15.2. The second kappa shape index (κ2) is 6.28. The lowest BCUT2D eigenvalue weighted by Crippen LogP contribution is -2.46. The van der Waals surface area contributed by atoms with Gasteiger partial charge >= 0.3 is 0 Å². The van der Waals surface area contributed by atoms with Crippen molar-refractivity contribution in [3.8, 4) is 0 Å². The van der Waals surface area contributed by atoms with Crippen LogP contribution in [0.5, 0.6) is 0 Å². The van der Waals surface area contributed by atoms with Crippen molar-refractivity contribution in [1.82, 2.24) is 15.8 Å². The Morgan fingerprint density at radius 3 is 2.83 bits per heavy atom. The maximum absolute atomic E-state index is 12.5. The van der Waals surface area contributed by atoms with E-state index in [4.69, 9.17) is 4.74 Å². The van der Waals surface area contributed by atoms with Gasteiger partial charge in [-0.3, -0.25) is 20.4 Å². The maximum Gasteiger partial charge on any atom is 0.271 e. The molecule has 6 nitrogen and oxygen atoms in total. The first-order chi connectivity index (χ1) is 11.7. The number of hydrogen-bond donors (Lipinski definition) is 3. The number of hydrogen-bond acceptors (Lipinski definition) is 3. The number of amides is 2. The Balaban J connectivity index is 1.53. The molecule has 1 aromatic carbocycles. The molecule has 1 fully saturated rings. The molecule has 1 aliphatic carbocycles. The van der Waals surface area contributed by atoms with Crippen molar-refractivity contribution < 1.29 is 14.3 Å². The van der Waals surface area contributed by atoms with Gasteiger partial charge in [-0.1, -0.05) is 12.1 Å². The molecule has 0 unspecified atom stereocenters. The summed E-state index contributed by atoms with van der Waals surface area (Å²) >= 11 is 0. The van der Waals surface area contributed by atoms with Crippen LogP contribution in [-0.2, 0) is 22.4 Å². The fraction of sp³-hybridized carbons (Fsp3) is 0.444. The summed E-state index contributed by atoms with van der Waals surface area (Å²) in [4.78, 5) is 27.9. The highest BCUT2D eigenvalue weighted by molar-refractivity contribution is 6.07. The number of aromatic nitrogens is 1.